The van der Waals surface area contributed by atoms with Crippen LogP contribution in [0.25, 0.3) is 0 Å². The van der Waals surface area contributed by atoms with Gasteiger partial charge in [-0.05, 0) is 44.0 Å². The molecule has 0 aliphatic carbocycles. The number of carbonyl (C=O) groups excluding carboxylic acids is 1. The number of likely N-dealkylation sites (tertiary alicyclic amines) is 1. The van der Waals surface area contributed by atoms with Crippen LogP contribution in [-0.4, -0.2) is 41.8 Å². The minimum atomic E-state index is 0.169. The van der Waals surface area contributed by atoms with Gasteiger partial charge in [0.05, 0.1) is 12.2 Å². The quantitative estimate of drug-likeness (QED) is 0.742. The van der Waals surface area contributed by atoms with Crippen LogP contribution in [0.5, 0.6) is 0 Å². The molecule has 4 nitrogen and oxygen atoms in total. The Morgan fingerprint density at radius 1 is 1.62 bits per heavy atom. The number of hydrogen-bond acceptors (Lipinski definition) is 3. The van der Waals surface area contributed by atoms with Gasteiger partial charge in [0, 0.05) is 12.7 Å². The van der Waals surface area contributed by atoms with Crippen LogP contribution in [0.2, 0.25) is 0 Å². The third kappa shape index (κ3) is 2.71. The first-order valence-corrected chi connectivity index (χ1v) is 5.88. The molecule has 0 spiro atoms. The Morgan fingerprint density at radius 2 is 2.50 bits per heavy atom. The Kier molecular flexibility index (Phi) is 3.74. The van der Waals surface area contributed by atoms with Gasteiger partial charge >= 0.3 is 0 Å². The molecule has 1 aliphatic rings. The predicted molar refractivity (Wildman–Crippen MR) is 63.3 cm³/mol. The van der Waals surface area contributed by atoms with Crippen molar-refractivity contribution in [3.05, 3.63) is 24.0 Å². The summed E-state index contributed by atoms with van der Waals surface area (Å²) in [6.07, 6.45) is 4.13. The second kappa shape index (κ2) is 5.27. The molecule has 1 fully saturated rings. The van der Waals surface area contributed by atoms with Crippen LogP contribution in [0.1, 0.15) is 23.3 Å². The number of ketones is 1. The van der Waals surface area contributed by atoms with Crippen LogP contribution in [0, 0.1) is 5.92 Å². The van der Waals surface area contributed by atoms with E-state index in [2.05, 4.69) is 9.88 Å². The van der Waals surface area contributed by atoms with Gasteiger partial charge in [0.15, 0.2) is 5.78 Å². The van der Waals surface area contributed by atoms with E-state index in [1.807, 2.05) is 12.1 Å². The van der Waals surface area contributed by atoms with Crippen molar-refractivity contribution in [3.8, 4) is 0 Å². The summed E-state index contributed by atoms with van der Waals surface area (Å²) in [4.78, 5) is 17.0. The van der Waals surface area contributed by atoms with Crippen molar-refractivity contribution in [2.45, 2.75) is 12.8 Å². The zero-order valence-corrected chi connectivity index (χ0v) is 9.48. The lowest BCUT2D eigenvalue weighted by molar-refractivity contribution is 0.0885. The number of nitrogens with one attached hydrogen (secondary N) is 1. The highest BCUT2D eigenvalue weighted by Gasteiger charge is 2.21. The maximum absolute atomic E-state index is 11.9. The molecular weight excluding hydrogens is 202 g/mol. The van der Waals surface area contributed by atoms with Gasteiger partial charge in [0.1, 0.15) is 0 Å². The number of carbonyl (C=O) groups is 1. The highest BCUT2D eigenvalue weighted by molar-refractivity contribution is 5.95. The fourth-order valence-electron chi connectivity index (χ4n) is 2.28. The van der Waals surface area contributed by atoms with Gasteiger partial charge in [-0.3, -0.25) is 9.69 Å². The number of nitrogens with two attached hydrogens (primary N) is 1. The lowest BCUT2D eigenvalue weighted by Crippen LogP contribution is -2.41. The Bertz CT molecular complexity index is 334. The molecule has 2 rings (SSSR count). The van der Waals surface area contributed by atoms with E-state index in [0.29, 0.717) is 18.2 Å². The van der Waals surface area contributed by atoms with Crippen LogP contribution < -0.4 is 5.73 Å². The molecule has 1 atom stereocenters. The van der Waals surface area contributed by atoms with Gasteiger partial charge in [-0.15, -0.1) is 0 Å². The molecule has 1 saturated heterocycles. The van der Waals surface area contributed by atoms with Crippen LogP contribution >= 0.6 is 0 Å². The number of nitrogens with zero attached hydrogens (tertiary/aromatic N) is 1. The van der Waals surface area contributed by atoms with Gasteiger partial charge in [0.2, 0.25) is 0 Å². The number of hydrogen-bond donors (Lipinski definition) is 2. The summed E-state index contributed by atoms with van der Waals surface area (Å²) in [6, 6.07) is 3.68. The van der Waals surface area contributed by atoms with E-state index in [-0.39, 0.29) is 5.78 Å². The topological polar surface area (TPSA) is 62.1 Å². The molecule has 4 heteroatoms. The summed E-state index contributed by atoms with van der Waals surface area (Å²) in [5.41, 5.74) is 6.38. The molecule has 3 N–H and O–H groups in total. The van der Waals surface area contributed by atoms with E-state index in [1.54, 1.807) is 6.20 Å². The highest BCUT2D eigenvalue weighted by atomic mass is 16.1. The molecule has 0 unspecified atom stereocenters. The third-order valence-electron chi connectivity index (χ3n) is 3.20. The average Bonchev–Trinajstić information content (AvgIpc) is 2.83. The summed E-state index contributed by atoms with van der Waals surface area (Å²) in [6.45, 7) is 3.22. The SMILES string of the molecule is NC[C@H]1CCCN(CC(=O)c2ccc[nH]2)C1. The van der Waals surface area contributed by atoms with Crippen LogP contribution in [-0.2, 0) is 0 Å². The maximum atomic E-state index is 11.9. The van der Waals surface area contributed by atoms with Gasteiger partial charge in [-0.25, -0.2) is 0 Å². The summed E-state index contributed by atoms with van der Waals surface area (Å²) >= 11 is 0. The van der Waals surface area contributed by atoms with Crippen LogP contribution in [0.4, 0.5) is 0 Å². The number of piperidine rings is 1. The van der Waals surface area contributed by atoms with Gasteiger partial charge in [-0.2, -0.15) is 0 Å². The van der Waals surface area contributed by atoms with Crippen molar-refractivity contribution in [2.75, 3.05) is 26.2 Å². The molecule has 16 heavy (non-hydrogen) atoms. The number of aromatic amines is 1. The van der Waals surface area contributed by atoms with Crippen molar-refractivity contribution in [1.29, 1.82) is 0 Å². The lowest BCUT2D eigenvalue weighted by atomic mass is 9.98. The number of Topliss-reactive ketones (excluding diaryl/α,β-unsaturated/α-hetero) is 1. The molecule has 0 aromatic carbocycles. The molecule has 0 amide bonds. The van der Waals surface area contributed by atoms with Gasteiger partial charge < -0.3 is 10.7 Å². The Balaban J connectivity index is 1.87. The number of H-pyrrole nitrogens is 1. The molecule has 1 aliphatic heterocycles. The van der Waals surface area contributed by atoms with E-state index in [0.717, 1.165) is 26.1 Å². The molecule has 0 saturated carbocycles. The van der Waals surface area contributed by atoms with Crippen LogP contribution in [0.15, 0.2) is 18.3 Å². The molecule has 0 radical (unpaired) electrons. The summed E-state index contributed by atoms with van der Waals surface area (Å²) in [5.74, 6) is 0.730. The van der Waals surface area contributed by atoms with E-state index < -0.39 is 0 Å². The predicted octanol–water partition coefficient (Wildman–Crippen LogP) is 0.868. The first-order chi connectivity index (χ1) is 7.79. The zero-order chi connectivity index (χ0) is 11.4. The summed E-state index contributed by atoms with van der Waals surface area (Å²) < 4.78 is 0. The lowest BCUT2D eigenvalue weighted by Gasteiger charge is -2.31. The fraction of sp³-hybridized carbons (Fsp3) is 0.583. The number of rotatable bonds is 4. The van der Waals surface area contributed by atoms with E-state index in [9.17, 15) is 4.79 Å². The van der Waals surface area contributed by atoms with Crippen molar-refractivity contribution in [1.82, 2.24) is 9.88 Å². The summed E-state index contributed by atoms with van der Waals surface area (Å²) in [5, 5.41) is 0. The highest BCUT2D eigenvalue weighted by Crippen LogP contribution is 2.15. The second-order valence-corrected chi connectivity index (χ2v) is 4.49. The fourth-order valence-corrected chi connectivity index (χ4v) is 2.28. The summed E-state index contributed by atoms with van der Waals surface area (Å²) in [7, 11) is 0. The monoisotopic (exact) mass is 221 g/mol. The minimum absolute atomic E-state index is 0.169. The largest absolute Gasteiger partial charge is 0.359 e. The van der Waals surface area contributed by atoms with Crippen molar-refractivity contribution < 1.29 is 4.79 Å². The van der Waals surface area contributed by atoms with Crippen molar-refractivity contribution in [3.63, 3.8) is 0 Å². The van der Waals surface area contributed by atoms with Crippen LogP contribution in [0.3, 0.4) is 0 Å². The van der Waals surface area contributed by atoms with Crippen molar-refractivity contribution in [2.24, 2.45) is 11.7 Å². The first-order valence-electron chi connectivity index (χ1n) is 5.88. The molecule has 2 heterocycles. The van der Waals surface area contributed by atoms with Gasteiger partial charge in [-0.1, -0.05) is 0 Å². The smallest absolute Gasteiger partial charge is 0.192 e. The minimum Gasteiger partial charge on any atom is -0.359 e. The van der Waals surface area contributed by atoms with Gasteiger partial charge in [0.25, 0.3) is 0 Å². The average molecular weight is 221 g/mol. The molecule has 88 valence electrons. The Morgan fingerprint density at radius 3 is 3.19 bits per heavy atom. The normalized spacial score (nSPS) is 22.2. The van der Waals surface area contributed by atoms with Crippen molar-refractivity contribution >= 4 is 5.78 Å². The molecule has 1 aromatic heterocycles. The van der Waals surface area contributed by atoms with E-state index in [1.165, 1.54) is 6.42 Å². The number of aromatic nitrogens is 1. The second-order valence-electron chi connectivity index (χ2n) is 4.49. The molecule has 1 aromatic rings. The standard InChI is InChI=1S/C12H19N3O/c13-7-10-3-2-6-15(8-10)9-12(16)11-4-1-5-14-11/h1,4-5,10,14H,2-3,6-9,13H2/t10-/m1/s1. The molecule has 0 bridgehead atoms. The van der Waals surface area contributed by atoms with E-state index in [4.69, 9.17) is 5.73 Å². The maximum Gasteiger partial charge on any atom is 0.192 e. The third-order valence-corrected chi connectivity index (χ3v) is 3.20. The Hall–Kier alpha value is -1.13. The molecular formula is C12H19N3O. The van der Waals surface area contributed by atoms with E-state index >= 15 is 0 Å². The Labute approximate surface area is 95.8 Å². The first kappa shape index (κ1) is 11.4. The zero-order valence-electron chi connectivity index (χ0n) is 9.48.